The number of halogens is 3. The van der Waals surface area contributed by atoms with Gasteiger partial charge in [-0.05, 0) is 48.0 Å². The molecule has 1 aromatic heterocycles. The predicted molar refractivity (Wildman–Crippen MR) is 120 cm³/mol. The van der Waals surface area contributed by atoms with Gasteiger partial charge in [0.2, 0.25) is 0 Å². The van der Waals surface area contributed by atoms with Crippen molar-refractivity contribution < 1.29 is 9.18 Å². The third kappa shape index (κ3) is 3.80. The second kappa shape index (κ2) is 8.27. The van der Waals surface area contributed by atoms with Crippen LogP contribution in [-0.4, -0.2) is 10.8 Å². The highest BCUT2D eigenvalue weighted by Gasteiger charge is 2.19. The number of aromatic amines is 1. The number of hydrogen-bond acceptors (Lipinski definition) is 2. The van der Waals surface area contributed by atoms with Crippen LogP contribution in [0, 0.1) is 5.82 Å². The molecule has 1 heterocycles. The zero-order valence-corrected chi connectivity index (χ0v) is 17.0. The first-order chi connectivity index (χ1) is 14.5. The number of carbonyl (C=O) groups is 1. The third-order valence-electron chi connectivity index (χ3n) is 4.69. The van der Waals surface area contributed by atoms with Gasteiger partial charge in [-0.1, -0.05) is 59.6 Å². The Kier molecular flexibility index (Phi) is 5.53. The lowest BCUT2D eigenvalue weighted by Crippen LogP contribution is -2.18. The minimum Gasteiger partial charge on any atom is -0.321 e. The van der Waals surface area contributed by atoms with Crippen molar-refractivity contribution in [3.63, 3.8) is 0 Å². The molecule has 0 aliphatic carbocycles. The second-order valence-corrected chi connectivity index (χ2v) is 7.44. The van der Waals surface area contributed by atoms with Crippen LogP contribution >= 0.6 is 23.2 Å². The molecule has 3 nitrogen and oxygen atoms in total. The molecule has 4 rings (SSSR count). The Morgan fingerprint density at radius 3 is 2.47 bits per heavy atom. The van der Waals surface area contributed by atoms with Gasteiger partial charge in [-0.25, -0.2) is 4.39 Å². The fourth-order valence-electron chi connectivity index (χ4n) is 3.32. The van der Waals surface area contributed by atoms with Crippen molar-refractivity contribution in [1.82, 2.24) is 4.98 Å². The van der Waals surface area contributed by atoms with E-state index in [9.17, 15) is 14.0 Å². The molecule has 0 aliphatic heterocycles. The van der Waals surface area contributed by atoms with E-state index >= 15 is 0 Å². The van der Waals surface area contributed by atoms with Gasteiger partial charge in [0.1, 0.15) is 5.82 Å². The Bertz CT molecular complexity index is 1340. The molecule has 6 heteroatoms. The summed E-state index contributed by atoms with van der Waals surface area (Å²) in [5.74, 6) is -1.13. The van der Waals surface area contributed by atoms with Crippen LogP contribution in [0.4, 0.5) is 4.39 Å². The number of rotatable bonds is 4. The fraction of sp³-hybridized carbons (Fsp3) is 0. The van der Waals surface area contributed by atoms with Crippen molar-refractivity contribution >= 4 is 46.0 Å². The summed E-state index contributed by atoms with van der Waals surface area (Å²) in [7, 11) is 0. The van der Waals surface area contributed by atoms with E-state index in [4.69, 9.17) is 23.2 Å². The van der Waals surface area contributed by atoms with E-state index in [0.29, 0.717) is 27.1 Å². The lowest BCUT2D eigenvalue weighted by atomic mass is 9.94. The average Bonchev–Trinajstić information content (AvgIpc) is 2.73. The lowest BCUT2D eigenvalue weighted by molar-refractivity contribution is 0.104. The van der Waals surface area contributed by atoms with E-state index in [1.807, 2.05) is 30.3 Å². The second-order valence-electron chi connectivity index (χ2n) is 6.59. The van der Waals surface area contributed by atoms with Crippen molar-refractivity contribution in [2.45, 2.75) is 0 Å². The van der Waals surface area contributed by atoms with Crippen molar-refractivity contribution in [1.29, 1.82) is 0 Å². The first-order valence-electron chi connectivity index (χ1n) is 9.03. The minimum absolute atomic E-state index is 0.0559. The molecule has 30 heavy (non-hydrogen) atoms. The highest BCUT2D eigenvalue weighted by atomic mass is 35.5. The largest absolute Gasteiger partial charge is 0.321 e. The zero-order chi connectivity index (χ0) is 21.3. The van der Waals surface area contributed by atoms with Gasteiger partial charge < -0.3 is 4.98 Å². The number of H-pyrrole nitrogens is 1. The standard InChI is InChI=1S/C24H14Cl2FNO2/c25-15-9-11-20-17(13-15)22(14-5-2-1-3-6-14)23(24(30)28-20)21(29)12-10-16-18(26)7-4-8-19(16)27/h1-13H,(H,28,30)/b12-10-. The number of nitrogens with one attached hydrogen (secondary N) is 1. The summed E-state index contributed by atoms with van der Waals surface area (Å²) < 4.78 is 14.0. The topological polar surface area (TPSA) is 49.9 Å². The fourth-order valence-corrected chi connectivity index (χ4v) is 3.72. The van der Waals surface area contributed by atoms with Gasteiger partial charge in [0.05, 0.1) is 10.6 Å². The Labute approximate surface area is 181 Å². The first kappa shape index (κ1) is 20.1. The monoisotopic (exact) mass is 437 g/mol. The normalized spacial score (nSPS) is 11.3. The SMILES string of the molecule is O=C(/C=C\c1c(F)cccc1Cl)c1c(-c2ccccc2)c2cc(Cl)ccc2[nH]c1=O. The average molecular weight is 438 g/mol. The summed E-state index contributed by atoms with van der Waals surface area (Å²) in [6.45, 7) is 0. The van der Waals surface area contributed by atoms with Crippen LogP contribution in [0.3, 0.4) is 0 Å². The quantitative estimate of drug-likeness (QED) is 0.291. The molecule has 148 valence electrons. The van der Waals surface area contributed by atoms with Crippen LogP contribution < -0.4 is 5.56 Å². The maximum Gasteiger partial charge on any atom is 0.260 e. The maximum absolute atomic E-state index is 14.0. The highest BCUT2D eigenvalue weighted by molar-refractivity contribution is 6.32. The maximum atomic E-state index is 14.0. The van der Waals surface area contributed by atoms with Crippen LogP contribution in [0.2, 0.25) is 10.0 Å². The van der Waals surface area contributed by atoms with Gasteiger partial charge in [-0.15, -0.1) is 0 Å². The number of pyridine rings is 1. The van der Waals surface area contributed by atoms with E-state index in [1.54, 1.807) is 18.2 Å². The van der Waals surface area contributed by atoms with E-state index in [0.717, 1.165) is 6.08 Å². The van der Waals surface area contributed by atoms with Crippen LogP contribution in [0.5, 0.6) is 0 Å². The highest BCUT2D eigenvalue weighted by Crippen LogP contribution is 2.32. The molecule has 0 unspecified atom stereocenters. The van der Waals surface area contributed by atoms with E-state index in [2.05, 4.69) is 4.98 Å². The van der Waals surface area contributed by atoms with Gasteiger partial charge in [-0.2, -0.15) is 0 Å². The third-order valence-corrected chi connectivity index (χ3v) is 5.25. The lowest BCUT2D eigenvalue weighted by Gasteiger charge is -2.12. The smallest absolute Gasteiger partial charge is 0.260 e. The van der Waals surface area contributed by atoms with E-state index in [1.165, 1.54) is 24.3 Å². The summed E-state index contributed by atoms with van der Waals surface area (Å²) in [5, 5.41) is 1.27. The molecule has 0 amide bonds. The van der Waals surface area contributed by atoms with Crippen LogP contribution in [-0.2, 0) is 0 Å². The molecule has 0 spiro atoms. The van der Waals surface area contributed by atoms with Crippen molar-refractivity contribution in [2.75, 3.05) is 0 Å². The molecule has 4 aromatic rings. The van der Waals surface area contributed by atoms with Gasteiger partial charge in [0.25, 0.3) is 5.56 Å². The molecule has 0 atom stereocenters. The van der Waals surface area contributed by atoms with Crippen molar-refractivity contribution in [3.05, 3.63) is 110 Å². The van der Waals surface area contributed by atoms with Gasteiger partial charge >= 0.3 is 0 Å². The molecule has 3 aromatic carbocycles. The molecule has 1 N–H and O–H groups in total. The van der Waals surface area contributed by atoms with Gasteiger partial charge in [-0.3, -0.25) is 9.59 Å². The molecule has 0 radical (unpaired) electrons. The minimum atomic E-state index is -0.573. The van der Waals surface area contributed by atoms with Crippen LogP contribution in [0.25, 0.3) is 28.1 Å². The van der Waals surface area contributed by atoms with Gasteiger partial charge in [0.15, 0.2) is 5.78 Å². The molecule has 0 bridgehead atoms. The molecular weight excluding hydrogens is 424 g/mol. The summed E-state index contributed by atoms with van der Waals surface area (Å²) in [6, 6.07) is 18.4. The van der Waals surface area contributed by atoms with Crippen LogP contribution in [0.1, 0.15) is 15.9 Å². The summed E-state index contributed by atoms with van der Waals surface area (Å²) in [5.41, 5.74) is 1.19. The Morgan fingerprint density at radius 2 is 1.73 bits per heavy atom. The Morgan fingerprint density at radius 1 is 0.967 bits per heavy atom. The van der Waals surface area contributed by atoms with Crippen molar-refractivity contribution in [2.24, 2.45) is 0 Å². The number of hydrogen-bond donors (Lipinski definition) is 1. The van der Waals surface area contributed by atoms with Gasteiger partial charge in [0, 0.05) is 27.1 Å². The Balaban J connectivity index is 1.94. The number of carbonyl (C=O) groups excluding carboxylic acids is 1. The van der Waals surface area contributed by atoms with E-state index < -0.39 is 17.2 Å². The molecule has 0 aliphatic rings. The number of aromatic nitrogens is 1. The zero-order valence-electron chi connectivity index (χ0n) is 15.5. The number of allylic oxidation sites excluding steroid dienone is 1. The Hall–Kier alpha value is -3.21. The molecule has 0 saturated carbocycles. The molecule has 0 saturated heterocycles. The van der Waals surface area contributed by atoms with E-state index in [-0.39, 0.29) is 16.1 Å². The number of fused-ring (bicyclic) bond motifs is 1. The summed E-state index contributed by atoms with van der Waals surface area (Å²) in [4.78, 5) is 28.7. The number of ketones is 1. The van der Waals surface area contributed by atoms with Crippen molar-refractivity contribution in [3.8, 4) is 11.1 Å². The summed E-state index contributed by atoms with van der Waals surface area (Å²) in [6.07, 6.45) is 2.42. The molecule has 0 fully saturated rings. The van der Waals surface area contributed by atoms with Crippen LogP contribution in [0.15, 0.2) is 77.6 Å². The predicted octanol–water partition coefficient (Wildman–Crippen LogP) is 6.54. The molecular formula is C24H14Cl2FNO2. The first-order valence-corrected chi connectivity index (χ1v) is 9.78. The number of benzene rings is 3. The summed E-state index contributed by atoms with van der Waals surface area (Å²) >= 11 is 12.2.